The summed E-state index contributed by atoms with van der Waals surface area (Å²) in [5, 5.41) is 3.38. The highest BCUT2D eigenvalue weighted by Crippen LogP contribution is 2.28. The van der Waals surface area contributed by atoms with Crippen molar-refractivity contribution in [1.82, 2.24) is 10.3 Å². The van der Waals surface area contributed by atoms with Crippen molar-refractivity contribution in [3.05, 3.63) is 17.8 Å². The Bertz CT molecular complexity index is 341. The van der Waals surface area contributed by atoms with Gasteiger partial charge < -0.3 is 14.5 Å². The van der Waals surface area contributed by atoms with Crippen molar-refractivity contribution < 1.29 is 9.15 Å². The minimum Gasteiger partial charge on any atom is -0.441 e. The molecule has 0 spiro atoms. The van der Waals surface area contributed by atoms with Crippen LogP contribution in [0, 0.1) is 0 Å². The molecule has 0 radical (unpaired) electrons. The minimum absolute atomic E-state index is 0.356. The van der Waals surface area contributed by atoms with Gasteiger partial charge in [-0.3, -0.25) is 0 Å². The summed E-state index contributed by atoms with van der Waals surface area (Å²) >= 11 is 0. The fourth-order valence-electron chi connectivity index (χ4n) is 1.57. The molecule has 16 heavy (non-hydrogen) atoms. The fraction of sp³-hybridized carbons (Fsp3) is 0.750. The van der Waals surface area contributed by atoms with E-state index >= 15 is 0 Å². The van der Waals surface area contributed by atoms with Gasteiger partial charge in [0.2, 0.25) is 5.89 Å². The molecule has 90 valence electrons. The Labute approximate surface area is 96.4 Å². The zero-order valence-corrected chi connectivity index (χ0v) is 10.2. The van der Waals surface area contributed by atoms with E-state index in [1.165, 1.54) is 12.8 Å². The summed E-state index contributed by atoms with van der Waals surface area (Å²) in [7, 11) is 1.70. The van der Waals surface area contributed by atoms with Crippen molar-refractivity contribution in [2.45, 2.75) is 51.3 Å². The topological polar surface area (TPSA) is 47.3 Å². The third kappa shape index (κ3) is 2.44. The standard InChI is InChI=1S/C12H20N2O2/c1-4-12(2,15-3)10-7-14-11(16-10)8-13-9-5-6-9/h7,9,13H,4-6,8H2,1-3H3. The summed E-state index contributed by atoms with van der Waals surface area (Å²) in [5.74, 6) is 1.56. The van der Waals surface area contributed by atoms with E-state index in [4.69, 9.17) is 9.15 Å². The fourth-order valence-corrected chi connectivity index (χ4v) is 1.57. The molecule has 2 rings (SSSR count). The molecule has 4 nitrogen and oxygen atoms in total. The van der Waals surface area contributed by atoms with Gasteiger partial charge in [-0.05, 0) is 26.2 Å². The second-order valence-electron chi connectivity index (χ2n) is 4.56. The number of methoxy groups -OCH3 is 1. The molecular weight excluding hydrogens is 204 g/mol. The Kier molecular flexibility index (Phi) is 3.30. The maximum Gasteiger partial charge on any atom is 0.208 e. The van der Waals surface area contributed by atoms with Gasteiger partial charge >= 0.3 is 0 Å². The third-order valence-corrected chi connectivity index (χ3v) is 3.32. The van der Waals surface area contributed by atoms with E-state index in [-0.39, 0.29) is 5.60 Å². The number of rotatable bonds is 6. The van der Waals surface area contributed by atoms with E-state index in [1.807, 2.05) is 6.92 Å². The highest BCUT2D eigenvalue weighted by atomic mass is 16.5. The second-order valence-corrected chi connectivity index (χ2v) is 4.56. The lowest BCUT2D eigenvalue weighted by Gasteiger charge is -2.23. The summed E-state index contributed by atoms with van der Waals surface area (Å²) in [5.41, 5.74) is -0.356. The van der Waals surface area contributed by atoms with Gasteiger partial charge in [0.1, 0.15) is 5.60 Å². The Morgan fingerprint density at radius 1 is 1.62 bits per heavy atom. The molecule has 1 heterocycles. The van der Waals surface area contributed by atoms with Gasteiger partial charge in [0.05, 0.1) is 12.7 Å². The lowest BCUT2D eigenvalue weighted by atomic mass is 10.0. The molecule has 1 saturated carbocycles. The highest BCUT2D eigenvalue weighted by Gasteiger charge is 2.29. The first-order chi connectivity index (χ1) is 7.68. The molecule has 1 N–H and O–H groups in total. The maximum atomic E-state index is 5.71. The van der Waals surface area contributed by atoms with Gasteiger partial charge in [-0.2, -0.15) is 0 Å². The van der Waals surface area contributed by atoms with Crippen LogP contribution in [-0.4, -0.2) is 18.1 Å². The molecule has 0 aromatic carbocycles. The van der Waals surface area contributed by atoms with Crippen LogP contribution in [0.1, 0.15) is 44.8 Å². The molecule has 1 fully saturated rings. The Morgan fingerprint density at radius 3 is 2.94 bits per heavy atom. The molecule has 1 aromatic rings. The van der Waals surface area contributed by atoms with E-state index in [0.717, 1.165) is 18.1 Å². The normalized spacial score (nSPS) is 19.7. The van der Waals surface area contributed by atoms with E-state index in [2.05, 4.69) is 17.2 Å². The molecule has 1 atom stereocenters. The number of ether oxygens (including phenoxy) is 1. The molecule has 0 aliphatic heterocycles. The minimum atomic E-state index is -0.356. The van der Waals surface area contributed by atoms with Crippen LogP contribution in [0.2, 0.25) is 0 Å². The summed E-state index contributed by atoms with van der Waals surface area (Å²) in [6, 6.07) is 0.676. The average Bonchev–Trinajstić information content (AvgIpc) is 3.02. The zero-order chi connectivity index (χ0) is 11.6. The first-order valence-corrected chi connectivity index (χ1v) is 5.91. The van der Waals surface area contributed by atoms with Gasteiger partial charge in [-0.25, -0.2) is 4.98 Å². The summed E-state index contributed by atoms with van der Waals surface area (Å²) in [4.78, 5) is 4.27. The summed E-state index contributed by atoms with van der Waals surface area (Å²) in [6.07, 6.45) is 5.20. The number of hydrogen-bond acceptors (Lipinski definition) is 4. The van der Waals surface area contributed by atoms with Crippen molar-refractivity contribution in [1.29, 1.82) is 0 Å². The van der Waals surface area contributed by atoms with Crippen LogP contribution >= 0.6 is 0 Å². The van der Waals surface area contributed by atoms with Crippen molar-refractivity contribution in [3.8, 4) is 0 Å². The monoisotopic (exact) mass is 224 g/mol. The van der Waals surface area contributed by atoms with Crippen molar-refractivity contribution in [2.24, 2.45) is 0 Å². The molecule has 0 saturated heterocycles. The van der Waals surface area contributed by atoms with Crippen LogP contribution in [0.5, 0.6) is 0 Å². The quantitative estimate of drug-likeness (QED) is 0.804. The molecule has 1 unspecified atom stereocenters. The molecule has 0 amide bonds. The van der Waals surface area contributed by atoms with Crippen LogP contribution in [0.3, 0.4) is 0 Å². The molecule has 1 aliphatic rings. The summed E-state index contributed by atoms with van der Waals surface area (Å²) < 4.78 is 11.2. The van der Waals surface area contributed by atoms with Crippen LogP contribution in [0.15, 0.2) is 10.6 Å². The lowest BCUT2D eigenvalue weighted by molar-refractivity contribution is -0.0198. The van der Waals surface area contributed by atoms with Gasteiger partial charge in [0.15, 0.2) is 5.76 Å². The predicted octanol–water partition coefficient (Wildman–Crippen LogP) is 2.20. The smallest absolute Gasteiger partial charge is 0.208 e. The number of hydrogen-bond donors (Lipinski definition) is 1. The molecule has 1 aromatic heterocycles. The first kappa shape index (κ1) is 11.6. The highest BCUT2D eigenvalue weighted by molar-refractivity contribution is 5.05. The van der Waals surface area contributed by atoms with Crippen molar-refractivity contribution >= 4 is 0 Å². The average molecular weight is 224 g/mol. The van der Waals surface area contributed by atoms with E-state index in [0.29, 0.717) is 12.6 Å². The van der Waals surface area contributed by atoms with Gasteiger partial charge in [-0.1, -0.05) is 6.92 Å². The Morgan fingerprint density at radius 2 is 2.38 bits per heavy atom. The van der Waals surface area contributed by atoms with Crippen LogP contribution in [0.25, 0.3) is 0 Å². The van der Waals surface area contributed by atoms with Gasteiger partial charge in [0.25, 0.3) is 0 Å². The van der Waals surface area contributed by atoms with Gasteiger partial charge in [0, 0.05) is 13.2 Å². The SMILES string of the molecule is CCC(C)(OC)c1cnc(CNC2CC2)o1. The molecular formula is C12H20N2O2. The van der Waals surface area contributed by atoms with E-state index in [9.17, 15) is 0 Å². The number of aromatic nitrogens is 1. The van der Waals surface area contributed by atoms with E-state index < -0.39 is 0 Å². The van der Waals surface area contributed by atoms with E-state index in [1.54, 1.807) is 13.3 Å². The lowest BCUT2D eigenvalue weighted by Crippen LogP contribution is -2.22. The largest absolute Gasteiger partial charge is 0.441 e. The molecule has 4 heteroatoms. The Hall–Kier alpha value is -0.870. The predicted molar refractivity (Wildman–Crippen MR) is 61.0 cm³/mol. The Balaban J connectivity index is 1.99. The third-order valence-electron chi connectivity index (χ3n) is 3.32. The zero-order valence-electron chi connectivity index (χ0n) is 10.2. The second kappa shape index (κ2) is 4.55. The molecule has 0 bridgehead atoms. The van der Waals surface area contributed by atoms with Crippen LogP contribution in [-0.2, 0) is 16.9 Å². The van der Waals surface area contributed by atoms with Crippen LogP contribution < -0.4 is 5.32 Å². The molecule has 1 aliphatic carbocycles. The van der Waals surface area contributed by atoms with Crippen molar-refractivity contribution in [3.63, 3.8) is 0 Å². The number of nitrogens with one attached hydrogen (secondary N) is 1. The number of oxazole rings is 1. The first-order valence-electron chi connectivity index (χ1n) is 5.91. The maximum absolute atomic E-state index is 5.71. The summed E-state index contributed by atoms with van der Waals surface area (Å²) in [6.45, 7) is 4.81. The van der Waals surface area contributed by atoms with Gasteiger partial charge in [-0.15, -0.1) is 0 Å². The van der Waals surface area contributed by atoms with Crippen LogP contribution in [0.4, 0.5) is 0 Å². The van der Waals surface area contributed by atoms with Crippen molar-refractivity contribution in [2.75, 3.05) is 7.11 Å². The number of nitrogens with zero attached hydrogens (tertiary/aromatic N) is 1.